The van der Waals surface area contributed by atoms with Crippen LogP contribution in [0.4, 0.5) is 0 Å². The van der Waals surface area contributed by atoms with Crippen LogP contribution < -0.4 is 0 Å². The van der Waals surface area contributed by atoms with Crippen LogP contribution in [0.15, 0.2) is 35.5 Å². The summed E-state index contributed by atoms with van der Waals surface area (Å²) in [7, 11) is 6.59. The summed E-state index contributed by atoms with van der Waals surface area (Å²) in [4.78, 5) is 12.2. The Labute approximate surface area is 219 Å². The van der Waals surface area contributed by atoms with Crippen molar-refractivity contribution >= 4 is 5.97 Å². The lowest BCUT2D eigenvalue weighted by molar-refractivity contribution is -0.164. The molecular weight excluding hydrogens is 452 g/mol. The summed E-state index contributed by atoms with van der Waals surface area (Å²) in [5.41, 5.74) is 3.49. The van der Waals surface area contributed by atoms with Gasteiger partial charge in [-0.1, -0.05) is 44.6 Å². The Morgan fingerprint density at radius 2 is 1.94 bits per heavy atom. The molecule has 0 aromatic rings. The quantitative estimate of drug-likeness (QED) is 0.307. The van der Waals surface area contributed by atoms with Gasteiger partial charge < -0.3 is 18.9 Å². The summed E-state index contributed by atoms with van der Waals surface area (Å²) in [6.07, 6.45) is 15.9. The molecule has 5 nitrogen and oxygen atoms in total. The molecule has 7 atom stereocenters. The number of fused-ring (bicyclic) bond motifs is 1. The lowest BCUT2D eigenvalue weighted by atomic mass is 9.60. The molecule has 3 fully saturated rings. The van der Waals surface area contributed by atoms with E-state index in [0.717, 1.165) is 31.3 Å². The van der Waals surface area contributed by atoms with Crippen LogP contribution >= 0.6 is 0 Å². The van der Waals surface area contributed by atoms with Crippen LogP contribution in [0.3, 0.4) is 0 Å². The zero-order chi connectivity index (χ0) is 26.5. The minimum Gasteiger partial charge on any atom is -0.467 e. The van der Waals surface area contributed by atoms with Crippen molar-refractivity contribution in [1.29, 1.82) is 0 Å². The topological polar surface area (TPSA) is 54.0 Å². The highest BCUT2D eigenvalue weighted by Gasteiger charge is 2.50. The molecule has 0 N–H and O–H groups in total. The van der Waals surface area contributed by atoms with E-state index in [2.05, 4.69) is 32.6 Å². The fourth-order valence-electron chi connectivity index (χ4n) is 7.53. The van der Waals surface area contributed by atoms with Gasteiger partial charge in [0.05, 0.1) is 19.3 Å². The number of carbonyl (C=O) groups is 1. The highest BCUT2D eigenvalue weighted by atomic mass is 16.6. The van der Waals surface area contributed by atoms with Crippen molar-refractivity contribution in [2.24, 2.45) is 23.2 Å². The lowest BCUT2D eigenvalue weighted by Gasteiger charge is -2.44. The van der Waals surface area contributed by atoms with Gasteiger partial charge in [-0.2, -0.15) is 0 Å². The SMILES string of the molecule is C=C1/C(=C\C=C2/CCC[C@@]3(C)C2CC[C@@H]3[C@H](C)CCCC(C)(OC)C(=O)OC)CC(OC)CC1OC. The van der Waals surface area contributed by atoms with Gasteiger partial charge >= 0.3 is 5.97 Å². The van der Waals surface area contributed by atoms with Crippen LogP contribution in [0, 0.1) is 23.2 Å². The molecule has 4 unspecified atom stereocenters. The monoisotopic (exact) mass is 502 g/mol. The second-order valence-electron chi connectivity index (χ2n) is 11.9. The predicted octanol–water partition coefficient (Wildman–Crippen LogP) is 6.82. The average molecular weight is 503 g/mol. The average Bonchev–Trinajstić information content (AvgIpc) is 3.24. The molecule has 0 saturated heterocycles. The molecule has 0 aromatic carbocycles. The Kier molecular flexibility index (Phi) is 10.0. The zero-order valence-corrected chi connectivity index (χ0v) is 23.9. The third-order valence-electron chi connectivity index (χ3n) is 9.95. The van der Waals surface area contributed by atoms with E-state index in [-0.39, 0.29) is 18.2 Å². The number of hydrogen-bond acceptors (Lipinski definition) is 5. The van der Waals surface area contributed by atoms with Crippen LogP contribution in [0.25, 0.3) is 0 Å². The summed E-state index contributed by atoms with van der Waals surface area (Å²) >= 11 is 0. The zero-order valence-electron chi connectivity index (χ0n) is 23.9. The Morgan fingerprint density at radius 1 is 1.19 bits per heavy atom. The molecule has 3 saturated carbocycles. The van der Waals surface area contributed by atoms with Crippen molar-refractivity contribution in [3.63, 3.8) is 0 Å². The van der Waals surface area contributed by atoms with Gasteiger partial charge in [0.2, 0.25) is 0 Å². The number of rotatable bonds is 10. The second-order valence-corrected chi connectivity index (χ2v) is 11.9. The number of methoxy groups -OCH3 is 4. The molecule has 0 heterocycles. The molecule has 0 spiro atoms. The van der Waals surface area contributed by atoms with Gasteiger partial charge in [0.1, 0.15) is 0 Å². The largest absolute Gasteiger partial charge is 0.467 e. The maximum atomic E-state index is 12.2. The van der Waals surface area contributed by atoms with Gasteiger partial charge in [-0.3, -0.25) is 0 Å². The van der Waals surface area contributed by atoms with Crippen LogP contribution in [0.1, 0.15) is 85.0 Å². The van der Waals surface area contributed by atoms with Crippen molar-refractivity contribution < 1.29 is 23.7 Å². The molecule has 3 aliphatic rings. The van der Waals surface area contributed by atoms with Crippen LogP contribution in [0.5, 0.6) is 0 Å². The molecule has 0 radical (unpaired) electrons. The lowest BCUT2D eigenvalue weighted by Crippen LogP contribution is -2.39. The highest BCUT2D eigenvalue weighted by molar-refractivity contribution is 5.78. The number of allylic oxidation sites excluding steroid dienone is 3. The van der Waals surface area contributed by atoms with Crippen molar-refractivity contribution in [3.05, 3.63) is 35.5 Å². The van der Waals surface area contributed by atoms with Gasteiger partial charge in [-0.15, -0.1) is 0 Å². The van der Waals surface area contributed by atoms with E-state index >= 15 is 0 Å². The summed E-state index contributed by atoms with van der Waals surface area (Å²) in [5.74, 6) is 1.71. The van der Waals surface area contributed by atoms with Gasteiger partial charge in [0.25, 0.3) is 0 Å². The van der Waals surface area contributed by atoms with Gasteiger partial charge in [-0.25, -0.2) is 4.79 Å². The maximum Gasteiger partial charge on any atom is 0.337 e. The van der Waals surface area contributed by atoms with E-state index in [9.17, 15) is 4.79 Å². The third kappa shape index (κ3) is 6.00. The van der Waals surface area contributed by atoms with E-state index in [4.69, 9.17) is 18.9 Å². The van der Waals surface area contributed by atoms with Crippen molar-refractivity contribution in [2.75, 3.05) is 28.4 Å². The Morgan fingerprint density at radius 3 is 2.58 bits per heavy atom. The van der Waals surface area contributed by atoms with Gasteiger partial charge in [0.15, 0.2) is 5.60 Å². The minimum atomic E-state index is -0.850. The summed E-state index contributed by atoms with van der Waals surface area (Å²) in [6, 6.07) is 0. The highest BCUT2D eigenvalue weighted by Crippen LogP contribution is 2.60. The molecule has 3 rings (SSSR count). The van der Waals surface area contributed by atoms with E-state index < -0.39 is 5.60 Å². The van der Waals surface area contributed by atoms with Crippen LogP contribution in [0.2, 0.25) is 0 Å². The summed E-state index contributed by atoms with van der Waals surface area (Å²) in [5, 5.41) is 0. The van der Waals surface area contributed by atoms with Crippen molar-refractivity contribution in [2.45, 2.75) is 103 Å². The smallest absolute Gasteiger partial charge is 0.337 e. The molecule has 204 valence electrons. The van der Waals surface area contributed by atoms with Gasteiger partial charge in [0, 0.05) is 27.8 Å². The van der Waals surface area contributed by atoms with E-state index in [1.165, 1.54) is 44.8 Å². The van der Waals surface area contributed by atoms with Crippen molar-refractivity contribution in [3.8, 4) is 0 Å². The third-order valence-corrected chi connectivity index (χ3v) is 9.95. The minimum absolute atomic E-state index is 0.0424. The predicted molar refractivity (Wildman–Crippen MR) is 145 cm³/mol. The van der Waals surface area contributed by atoms with E-state index in [0.29, 0.717) is 29.6 Å². The Balaban J connectivity index is 1.68. The number of esters is 1. The molecule has 0 bridgehead atoms. The molecule has 0 amide bonds. The standard InChI is InChI=1S/C31H50O5/c1-21(11-9-18-31(4,36-8)29(32)35-7)26-15-16-27-23(12-10-17-30(26,27)3)13-14-24-19-25(33-5)20-28(34-6)22(24)2/h13-14,21,25-28H,2,9-12,15-20H2,1,3-8H3/b23-13+,24-14-/t21-,25?,26-,27?,28?,30-,31?/m1/s1. The first-order valence-electron chi connectivity index (χ1n) is 13.9. The molecule has 0 aliphatic heterocycles. The normalized spacial score (nSPS) is 35.5. The van der Waals surface area contributed by atoms with Crippen LogP contribution in [-0.2, 0) is 23.7 Å². The first kappa shape index (κ1) is 29.1. The van der Waals surface area contributed by atoms with E-state index in [1.54, 1.807) is 26.9 Å². The number of ether oxygens (including phenoxy) is 4. The fourth-order valence-corrected chi connectivity index (χ4v) is 7.53. The molecule has 5 heteroatoms. The molecule has 36 heavy (non-hydrogen) atoms. The van der Waals surface area contributed by atoms with Crippen LogP contribution in [-0.4, -0.2) is 52.2 Å². The summed E-state index contributed by atoms with van der Waals surface area (Å²) in [6.45, 7) is 11.2. The molecule has 3 aliphatic carbocycles. The Hall–Kier alpha value is -1.43. The fraction of sp³-hybridized carbons (Fsp3) is 0.774. The van der Waals surface area contributed by atoms with E-state index in [1.807, 2.05) is 6.92 Å². The maximum absolute atomic E-state index is 12.2. The number of carbonyl (C=O) groups excluding carboxylic acids is 1. The first-order chi connectivity index (χ1) is 17.1. The molecular formula is C31H50O5. The Bertz CT molecular complexity index is 844. The number of hydrogen-bond donors (Lipinski definition) is 0. The first-order valence-corrected chi connectivity index (χ1v) is 13.9. The van der Waals surface area contributed by atoms with Crippen molar-refractivity contribution in [1.82, 2.24) is 0 Å². The summed E-state index contributed by atoms with van der Waals surface area (Å²) < 4.78 is 21.9. The molecule has 0 aromatic heterocycles. The van der Waals surface area contributed by atoms with Gasteiger partial charge in [-0.05, 0) is 92.6 Å². The second kappa shape index (κ2) is 12.4.